The third kappa shape index (κ3) is 6.67. The molecule has 0 amide bonds. The first-order valence-corrected chi connectivity index (χ1v) is 12.2. The summed E-state index contributed by atoms with van der Waals surface area (Å²) in [5.41, 5.74) is 0.627. The Bertz CT molecular complexity index is 254. The molecule has 0 spiro atoms. The number of aliphatic hydroxyl groups is 1. The van der Waals surface area contributed by atoms with Crippen molar-refractivity contribution in [1.29, 1.82) is 0 Å². The first-order valence-electron chi connectivity index (χ1n) is 10.2. The highest BCUT2D eigenvalue weighted by molar-refractivity contribution is 7.81. The van der Waals surface area contributed by atoms with E-state index in [0.717, 1.165) is 29.5 Å². The maximum Gasteiger partial charge on any atom is 0.0490 e. The lowest BCUT2D eigenvalue weighted by molar-refractivity contribution is 0.0529. The van der Waals surface area contributed by atoms with Gasteiger partial charge in [-0.05, 0) is 91.7 Å². The van der Waals surface area contributed by atoms with Crippen molar-refractivity contribution >= 4 is 34.5 Å². The highest BCUT2D eigenvalue weighted by Gasteiger charge is 2.39. The van der Waals surface area contributed by atoms with Crippen LogP contribution in [0.5, 0.6) is 0 Å². The molecule has 2 saturated carbocycles. The van der Waals surface area contributed by atoms with Crippen LogP contribution in [0.25, 0.3) is 0 Å². The Morgan fingerprint density at radius 1 is 0.792 bits per heavy atom. The van der Waals surface area contributed by atoms with Crippen molar-refractivity contribution < 1.29 is 5.11 Å². The summed E-state index contributed by atoms with van der Waals surface area (Å²) in [4.78, 5) is 0. The van der Waals surface area contributed by atoms with Gasteiger partial charge >= 0.3 is 0 Å². The summed E-state index contributed by atoms with van der Waals surface area (Å²) in [5, 5.41) is 9.64. The van der Waals surface area contributed by atoms with Gasteiger partial charge in [0.2, 0.25) is 0 Å². The molecule has 24 heavy (non-hydrogen) atoms. The van der Waals surface area contributed by atoms with E-state index >= 15 is 0 Å². The number of aliphatic hydroxyl groups excluding tert-OH is 1. The highest BCUT2D eigenvalue weighted by atomic mass is 32.1. The molecule has 0 saturated heterocycles. The zero-order valence-corrected chi connectivity index (χ0v) is 19.5. The van der Waals surface area contributed by atoms with Gasteiger partial charge in [-0.2, -0.15) is 25.3 Å². The summed E-state index contributed by atoms with van der Waals surface area (Å²) in [6.45, 7) is 8.37. The summed E-state index contributed by atoms with van der Waals surface area (Å²) < 4.78 is 0. The van der Waals surface area contributed by atoms with Crippen LogP contribution in [-0.4, -0.2) is 29.4 Å². The second-order valence-electron chi connectivity index (χ2n) is 7.35. The van der Waals surface area contributed by atoms with Gasteiger partial charge in [-0.1, -0.05) is 27.7 Å². The largest absolute Gasteiger partial charge is 0.396 e. The van der Waals surface area contributed by atoms with Crippen molar-refractivity contribution in [2.45, 2.75) is 79.1 Å². The molecule has 2 fully saturated rings. The van der Waals surface area contributed by atoms with E-state index in [-0.39, 0.29) is 5.41 Å². The minimum absolute atomic E-state index is 0.218. The van der Waals surface area contributed by atoms with Gasteiger partial charge < -0.3 is 5.11 Å². The van der Waals surface area contributed by atoms with Gasteiger partial charge in [0.05, 0.1) is 0 Å². The van der Waals surface area contributed by atoms with Crippen LogP contribution in [0, 0.1) is 22.7 Å². The van der Waals surface area contributed by atoms with E-state index in [4.69, 9.17) is 0 Å². The Morgan fingerprint density at radius 3 is 1.38 bits per heavy atom. The molecule has 0 aromatic rings. The van der Waals surface area contributed by atoms with Crippen molar-refractivity contribution in [3.05, 3.63) is 0 Å². The lowest BCUT2D eigenvalue weighted by Crippen LogP contribution is -2.37. The topological polar surface area (TPSA) is 20.2 Å². The first kappa shape index (κ1) is 25.1. The molecule has 0 heterocycles. The van der Waals surface area contributed by atoms with Crippen LogP contribution in [0.1, 0.15) is 79.1 Å². The fourth-order valence-electron chi connectivity index (χ4n) is 4.24. The molecule has 4 heteroatoms. The Hall–Kier alpha value is 1.09. The van der Waals surface area contributed by atoms with Crippen LogP contribution in [0.3, 0.4) is 0 Å². The molecule has 0 aromatic carbocycles. The van der Waals surface area contributed by atoms with E-state index in [2.05, 4.69) is 34.5 Å². The average molecular weight is 395 g/mol. The molecule has 0 aromatic heterocycles. The SMILES string of the molecule is CC.CC.OCC1(CP)CCC(C2CCC(CS)(CS)CC2)CC1. The summed E-state index contributed by atoms with van der Waals surface area (Å²) in [6, 6.07) is 0. The smallest absolute Gasteiger partial charge is 0.0490 e. The van der Waals surface area contributed by atoms with Crippen LogP contribution in [0.15, 0.2) is 0 Å². The third-order valence-corrected chi connectivity index (χ3v) is 8.50. The van der Waals surface area contributed by atoms with Gasteiger partial charge in [0, 0.05) is 6.61 Å². The molecule has 0 bridgehead atoms. The zero-order chi connectivity index (χ0) is 18.6. The Balaban J connectivity index is 0.00000123. The fourth-order valence-corrected chi connectivity index (χ4v) is 5.81. The number of thiol groups is 2. The second-order valence-corrected chi connectivity index (χ2v) is 8.39. The van der Waals surface area contributed by atoms with Crippen molar-refractivity contribution in [3.8, 4) is 0 Å². The Morgan fingerprint density at radius 2 is 1.12 bits per heavy atom. The first-order chi connectivity index (χ1) is 11.6. The van der Waals surface area contributed by atoms with E-state index in [1.165, 1.54) is 51.4 Å². The van der Waals surface area contributed by atoms with Gasteiger partial charge in [0.15, 0.2) is 0 Å². The van der Waals surface area contributed by atoms with E-state index in [1.54, 1.807) is 0 Å². The molecule has 1 N–H and O–H groups in total. The average Bonchev–Trinajstić information content (AvgIpc) is 2.71. The number of hydrogen-bond acceptors (Lipinski definition) is 3. The minimum Gasteiger partial charge on any atom is -0.396 e. The van der Waals surface area contributed by atoms with Crippen LogP contribution < -0.4 is 0 Å². The van der Waals surface area contributed by atoms with Crippen LogP contribution in [-0.2, 0) is 0 Å². The van der Waals surface area contributed by atoms with E-state index in [1.807, 2.05) is 27.7 Å². The summed E-state index contributed by atoms with van der Waals surface area (Å²) in [5.74, 6) is 3.82. The van der Waals surface area contributed by atoms with Gasteiger partial charge in [-0.25, -0.2) is 0 Å². The van der Waals surface area contributed by atoms with E-state index in [0.29, 0.717) is 12.0 Å². The van der Waals surface area contributed by atoms with Gasteiger partial charge in [-0.15, -0.1) is 9.24 Å². The lowest BCUT2D eigenvalue weighted by Gasteiger charge is -2.45. The van der Waals surface area contributed by atoms with E-state index < -0.39 is 0 Å². The molecule has 2 rings (SSSR count). The Labute approximate surface area is 165 Å². The monoisotopic (exact) mass is 394 g/mol. The summed E-state index contributed by atoms with van der Waals surface area (Å²) >= 11 is 9.11. The molecular formula is C20H43OPS2. The maximum atomic E-state index is 9.64. The van der Waals surface area contributed by atoms with Crippen LogP contribution >= 0.6 is 34.5 Å². The molecule has 146 valence electrons. The Kier molecular flexibility index (Phi) is 13.9. The van der Waals surface area contributed by atoms with Crippen molar-refractivity contribution in [2.75, 3.05) is 24.3 Å². The molecular weight excluding hydrogens is 351 g/mol. The zero-order valence-electron chi connectivity index (χ0n) is 16.6. The van der Waals surface area contributed by atoms with Gasteiger partial charge in [-0.3, -0.25) is 0 Å². The van der Waals surface area contributed by atoms with Crippen LogP contribution in [0.4, 0.5) is 0 Å². The standard InChI is InChI=1S/C16H31OPS2.2C2H6/c17-9-15(10-18)5-1-13(2-6-15)14-3-7-16(11-19,12-20)8-4-14;2*1-2/h13-14,17,19-20H,1-12,18H2;2*1-2H3. The van der Waals surface area contributed by atoms with Crippen molar-refractivity contribution in [2.24, 2.45) is 22.7 Å². The molecule has 1 unspecified atom stereocenters. The number of hydrogen-bond donors (Lipinski definition) is 3. The molecule has 2 aliphatic carbocycles. The molecule has 0 radical (unpaired) electrons. The van der Waals surface area contributed by atoms with Crippen molar-refractivity contribution in [1.82, 2.24) is 0 Å². The van der Waals surface area contributed by atoms with E-state index in [9.17, 15) is 5.11 Å². The minimum atomic E-state index is 0.218. The molecule has 0 aliphatic heterocycles. The van der Waals surface area contributed by atoms with Crippen molar-refractivity contribution in [3.63, 3.8) is 0 Å². The third-order valence-electron chi connectivity index (χ3n) is 6.29. The summed E-state index contributed by atoms with van der Waals surface area (Å²) in [6.07, 6.45) is 11.5. The normalized spacial score (nSPS) is 29.8. The van der Waals surface area contributed by atoms with Crippen LogP contribution in [0.2, 0.25) is 0 Å². The molecule has 1 nitrogen and oxygen atoms in total. The lowest BCUT2D eigenvalue weighted by atomic mass is 9.63. The molecule has 2 aliphatic rings. The second kappa shape index (κ2) is 13.3. The maximum absolute atomic E-state index is 9.64. The number of rotatable bonds is 5. The predicted octanol–water partition coefficient (Wildman–Crippen LogP) is 6.12. The fraction of sp³-hybridized carbons (Fsp3) is 1.00. The predicted molar refractivity (Wildman–Crippen MR) is 121 cm³/mol. The highest BCUT2D eigenvalue weighted by Crippen LogP contribution is 2.49. The quantitative estimate of drug-likeness (QED) is 0.379. The summed E-state index contributed by atoms with van der Waals surface area (Å²) in [7, 11) is 2.85. The van der Waals surface area contributed by atoms with Gasteiger partial charge in [0.25, 0.3) is 0 Å². The molecule has 1 atom stereocenters. The van der Waals surface area contributed by atoms with Gasteiger partial charge in [0.1, 0.15) is 0 Å².